The molecule has 1 saturated heterocycles. The molecule has 8 nitrogen and oxygen atoms in total. The van der Waals surface area contributed by atoms with Crippen molar-refractivity contribution < 1.29 is 27.1 Å². The quantitative estimate of drug-likeness (QED) is 0.581. The molecule has 12 heteroatoms. The fourth-order valence-electron chi connectivity index (χ4n) is 3.14. The third-order valence-corrected chi connectivity index (χ3v) is 4.62. The van der Waals surface area contributed by atoms with Crippen molar-refractivity contribution in [2.24, 2.45) is 0 Å². The Morgan fingerprint density at radius 1 is 1.19 bits per heavy atom. The highest BCUT2D eigenvalue weighted by molar-refractivity contribution is 6.06. The topological polar surface area (TPSA) is 100 Å². The van der Waals surface area contributed by atoms with E-state index in [4.69, 9.17) is 4.74 Å². The van der Waals surface area contributed by atoms with Crippen molar-refractivity contribution in [3.05, 3.63) is 76.1 Å². The standard InChI is InChI=1S/C20H15F4N5O3/c21-12-6-11(20(22,23)24)7-13(8-12)32-14-9-29(10-14)15-4-5-25-28-18(15)19(31)27-16-2-1-3-17(30)26-16/h1-8,14H,9-10H2,(H2,26,27,30,31). The molecule has 1 amide bonds. The van der Waals surface area contributed by atoms with Gasteiger partial charge in [-0.3, -0.25) is 9.59 Å². The van der Waals surface area contributed by atoms with Gasteiger partial charge in [-0.25, -0.2) is 4.39 Å². The number of halogens is 4. The van der Waals surface area contributed by atoms with Gasteiger partial charge in [0, 0.05) is 12.1 Å². The minimum atomic E-state index is -4.69. The zero-order valence-corrected chi connectivity index (χ0v) is 16.2. The summed E-state index contributed by atoms with van der Waals surface area (Å²) in [6.45, 7) is 0.456. The molecule has 4 rings (SSSR count). The van der Waals surface area contributed by atoms with Crippen LogP contribution in [0.1, 0.15) is 16.1 Å². The molecule has 2 aromatic heterocycles. The van der Waals surface area contributed by atoms with Crippen molar-refractivity contribution in [3.63, 3.8) is 0 Å². The molecule has 1 aromatic carbocycles. The number of hydrogen-bond acceptors (Lipinski definition) is 6. The van der Waals surface area contributed by atoms with Crippen LogP contribution in [0, 0.1) is 5.82 Å². The zero-order valence-electron chi connectivity index (χ0n) is 16.2. The maximum Gasteiger partial charge on any atom is 0.416 e. The van der Waals surface area contributed by atoms with Crippen LogP contribution < -0.4 is 20.5 Å². The minimum absolute atomic E-state index is 0.0132. The number of nitrogens with zero attached hydrogens (tertiary/aromatic N) is 3. The molecule has 0 unspecified atom stereocenters. The van der Waals surface area contributed by atoms with Crippen LogP contribution in [0.4, 0.5) is 29.1 Å². The lowest BCUT2D eigenvalue weighted by Crippen LogP contribution is -2.54. The van der Waals surface area contributed by atoms with Crippen molar-refractivity contribution in [2.75, 3.05) is 23.3 Å². The molecule has 3 heterocycles. The van der Waals surface area contributed by atoms with Gasteiger partial charge < -0.3 is 19.9 Å². The highest BCUT2D eigenvalue weighted by atomic mass is 19.4. The van der Waals surface area contributed by atoms with Crippen LogP contribution in [-0.2, 0) is 6.18 Å². The van der Waals surface area contributed by atoms with E-state index >= 15 is 0 Å². The molecule has 0 aliphatic carbocycles. The average Bonchev–Trinajstić information content (AvgIpc) is 2.69. The van der Waals surface area contributed by atoms with Crippen LogP contribution in [0.2, 0.25) is 0 Å². The maximum atomic E-state index is 13.5. The van der Waals surface area contributed by atoms with E-state index in [9.17, 15) is 27.2 Å². The number of pyridine rings is 1. The fourth-order valence-corrected chi connectivity index (χ4v) is 3.14. The second-order valence-electron chi connectivity index (χ2n) is 6.97. The van der Waals surface area contributed by atoms with Gasteiger partial charge in [-0.2, -0.15) is 18.3 Å². The lowest BCUT2D eigenvalue weighted by Gasteiger charge is -2.41. The number of amides is 1. The lowest BCUT2D eigenvalue weighted by atomic mass is 10.1. The molecule has 2 N–H and O–H groups in total. The van der Waals surface area contributed by atoms with Crippen LogP contribution in [0.15, 0.2) is 53.5 Å². The Bertz CT molecular complexity index is 1210. The number of anilines is 2. The second kappa shape index (κ2) is 8.29. The predicted molar refractivity (Wildman–Crippen MR) is 105 cm³/mol. The number of aromatic nitrogens is 3. The number of carbonyl (C=O) groups is 1. The van der Waals surface area contributed by atoms with Gasteiger partial charge in [0.2, 0.25) is 5.56 Å². The molecule has 166 valence electrons. The van der Waals surface area contributed by atoms with Crippen LogP contribution >= 0.6 is 0 Å². The van der Waals surface area contributed by atoms with E-state index in [0.29, 0.717) is 11.8 Å². The smallest absolute Gasteiger partial charge is 0.416 e. The first-order valence-electron chi connectivity index (χ1n) is 9.31. The van der Waals surface area contributed by atoms with E-state index in [1.165, 1.54) is 24.4 Å². The number of hydrogen-bond donors (Lipinski definition) is 2. The highest BCUT2D eigenvalue weighted by Gasteiger charge is 2.34. The number of H-pyrrole nitrogens is 1. The molecule has 32 heavy (non-hydrogen) atoms. The van der Waals surface area contributed by atoms with Gasteiger partial charge in [0.15, 0.2) is 5.69 Å². The molecule has 0 radical (unpaired) electrons. The first kappa shape index (κ1) is 21.3. The van der Waals surface area contributed by atoms with E-state index in [1.54, 1.807) is 11.0 Å². The van der Waals surface area contributed by atoms with Crippen molar-refractivity contribution >= 4 is 17.4 Å². The summed E-state index contributed by atoms with van der Waals surface area (Å²) in [6, 6.07) is 7.82. The largest absolute Gasteiger partial charge is 0.487 e. The van der Waals surface area contributed by atoms with Crippen molar-refractivity contribution in [2.45, 2.75) is 12.3 Å². The summed E-state index contributed by atoms with van der Waals surface area (Å²) in [6.07, 6.45) is -3.83. The lowest BCUT2D eigenvalue weighted by molar-refractivity contribution is -0.137. The summed E-state index contributed by atoms with van der Waals surface area (Å²) >= 11 is 0. The average molecular weight is 449 g/mol. The molecule has 0 spiro atoms. The third kappa shape index (κ3) is 4.68. The SMILES string of the molecule is O=C(Nc1cccc(=O)[nH]1)c1nnccc1N1CC(Oc2cc(F)cc(C(F)(F)F)c2)C1. The van der Waals surface area contributed by atoms with Crippen LogP contribution in [0.5, 0.6) is 5.75 Å². The molecular weight excluding hydrogens is 434 g/mol. The van der Waals surface area contributed by atoms with Crippen molar-refractivity contribution in [3.8, 4) is 5.75 Å². The molecular formula is C20H15F4N5O3. The van der Waals surface area contributed by atoms with Gasteiger partial charge in [0.1, 0.15) is 23.5 Å². The number of ether oxygens (including phenoxy) is 1. The minimum Gasteiger partial charge on any atom is -0.487 e. The Labute approximate surface area is 177 Å². The van der Waals surface area contributed by atoms with Crippen LogP contribution in [-0.4, -0.2) is 40.3 Å². The second-order valence-corrected chi connectivity index (χ2v) is 6.97. The Balaban J connectivity index is 1.44. The van der Waals surface area contributed by atoms with E-state index < -0.39 is 35.1 Å². The van der Waals surface area contributed by atoms with Crippen LogP contribution in [0.3, 0.4) is 0 Å². The first-order valence-corrected chi connectivity index (χ1v) is 9.31. The van der Waals surface area contributed by atoms with Crippen molar-refractivity contribution in [1.29, 1.82) is 0 Å². The molecule has 0 atom stereocenters. The van der Waals surface area contributed by atoms with Gasteiger partial charge in [0.05, 0.1) is 30.5 Å². The summed E-state index contributed by atoms with van der Waals surface area (Å²) in [4.78, 5) is 28.1. The first-order chi connectivity index (χ1) is 15.2. The number of nitrogens with one attached hydrogen (secondary N) is 2. The monoisotopic (exact) mass is 449 g/mol. The number of benzene rings is 1. The van der Waals surface area contributed by atoms with E-state index in [0.717, 1.165) is 12.1 Å². The van der Waals surface area contributed by atoms with E-state index in [1.807, 2.05) is 0 Å². The predicted octanol–water partition coefficient (Wildman–Crippen LogP) is 2.84. The molecule has 0 saturated carbocycles. The highest BCUT2D eigenvalue weighted by Crippen LogP contribution is 2.33. The Kier molecular flexibility index (Phi) is 5.51. The normalized spacial score (nSPS) is 14.1. The molecule has 1 aliphatic rings. The molecule has 0 bridgehead atoms. The van der Waals surface area contributed by atoms with Gasteiger partial charge in [0.25, 0.3) is 5.91 Å². The van der Waals surface area contributed by atoms with Gasteiger partial charge in [-0.15, -0.1) is 5.10 Å². The Hall–Kier alpha value is -3.96. The van der Waals surface area contributed by atoms with Gasteiger partial charge >= 0.3 is 6.18 Å². The Morgan fingerprint density at radius 3 is 2.69 bits per heavy atom. The van der Waals surface area contributed by atoms with E-state index in [-0.39, 0.29) is 30.4 Å². The van der Waals surface area contributed by atoms with E-state index in [2.05, 4.69) is 20.5 Å². The fraction of sp³-hybridized carbons (Fsp3) is 0.200. The summed E-state index contributed by atoms with van der Waals surface area (Å²) in [7, 11) is 0. The third-order valence-electron chi connectivity index (χ3n) is 4.62. The van der Waals surface area contributed by atoms with Crippen molar-refractivity contribution in [1.82, 2.24) is 15.2 Å². The Morgan fingerprint density at radius 2 is 1.97 bits per heavy atom. The summed E-state index contributed by atoms with van der Waals surface area (Å²) < 4.78 is 57.6. The summed E-state index contributed by atoms with van der Waals surface area (Å²) in [5, 5.41) is 10.1. The molecule has 1 fully saturated rings. The van der Waals surface area contributed by atoms with Gasteiger partial charge in [-0.05, 0) is 24.3 Å². The van der Waals surface area contributed by atoms with Crippen LogP contribution in [0.25, 0.3) is 0 Å². The maximum absolute atomic E-state index is 13.5. The number of rotatable bonds is 5. The number of aromatic amines is 1. The summed E-state index contributed by atoms with van der Waals surface area (Å²) in [5.41, 5.74) is -1.12. The van der Waals surface area contributed by atoms with Gasteiger partial charge in [-0.1, -0.05) is 6.07 Å². The number of carbonyl (C=O) groups excluding carboxylic acids is 1. The summed E-state index contributed by atoms with van der Waals surface area (Å²) in [5.74, 6) is -1.72. The zero-order chi connectivity index (χ0) is 22.9. The number of alkyl halides is 3. The molecule has 3 aromatic rings. The molecule has 1 aliphatic heterocycles.